The molecule has 0 saturated heterocycles. The first-order chi connectivity index (χ1) is 8.49. The van der Waals surface area contributed by atoms with E-state index >= 15 is 0 Å². The van der Waals surface area contributed by atoms with Crippen molar-refractivity contribution in [3.8, 4) is 0 Å². The van der Waals surface area contributed by atoms with Crippen molar-refractivity contribution in [2.45, 2.75) is 53.4 Å². The molecule has 0 N–H and O–H groups in total. The normalized spacial score (nSPS) is 40.1. The van der Waals surface area contributed by atoms with Crippen LogP contribution in [-0.4, -0.2) is 5.78 Å². The molecule has 0 aliphatic heterocycles. The second-order valence-corrected chi connectivity index (χ2v) is 6.88. The van der Waals surface area contributed by atoms with Crippen molar-refractivity contribution in [1.82, 2.24) is 0 Å². The topological polar surface area (TPSA) is 17.1 Å². The molecule has 0 aromatic rings. The number of Topliss-reactive ketones (excluding diaryl/α,β-unsaturated/α-hetero) is 1. The predicted octanol–water partition coefficient (Wildman–Crippen LogP) is 4.29. The van der Waals surface area contributed by atoms with Crippen LogP contribution in [0.25, 0.3) is 0 Å². The molecule has 0 aromatic heterocycles. The van der Waals surface area contributed by atoms with Gasteiger partial charge in [-0.2, -0.15) is 0 Å². The van der Waals surface area contributed by atoms with Gasteiger partial charge in [-0.1, -0.05) is 22.3 Å². The lowest BCUT2D eigenvalue weighted by atomic mass is 9.71. The Morgan fingerprint density at radius 1 is 0.667 bits per heavy atom. The molecule has 0 heterocycles. The van der Waals surface area contributed by atoms with Gasteiger partial charge in [0.25, 0.3) is 0 Å². The highest BCUT2D eigenvalue weighted by atomic mass is 16.1. The molecule has 3 aliphatic rings. The summed E-state index contributed by atoms with van der Waals surface area (Å²) in [6, 6.07) is 0. The Morgan fingerprint density at radius 2 is 1.00 bits per heavy atom. The van der Waals surface area contributed by atoms with E-state index in [9.17, 15) is 4.79 Å². The molecule has 0 bridgehead atoms. The van der Waals surface area contributed by atoms with Crippen LogP contribution in [0.1, 0.15) is 53.4 Å². The van der Waals surface area contributed by atoms with Crippen LogP contribution >= 0.6 is 0 Å². The Hall–Kier alpha value is -0.850. The molecule has 0 spiro atoms. The maximum absolute atomic E-state index is 12.6. The molecule has 1 fully saturated rings. The predicted molar refractivity (Wildman–Crippen MR) is 74.2 cm³/mol. The highest BCUT2D eigenvalue weighted by Gasteiger charge is 2.51. The first-order valence-electron chi connectivity index (χ1n) is 7.33. The van der Waals surface area contributed by atoms with Crippen LogP contribution in [0.5, 0.6) is 0 Å². The van der Waals surface area contributed by atoms with Crippen LogP contribution in [0.2, 0.25) is 0 Å². The number of hydrogen-bond acceptors (Lipinski definition) is 1. The molecule has 1 heteroatoms. The molecule has 98 valence electrons. The van der Waals surface area contributed by atoms with Crippen LogP contribution < -0.4 is 0 Å². The van der Waals surface area contributed by atoms with Crippen molar-refractivity contribution in [1.29, 1.82) is 0 Å². The second kappa shape index (κ2) is 4.08. The quantitative estimate of drug-likeness (QED) is 0.581. The average molecular weight is 244 g/mol. The van der Waals surface area contributed by atoms with Crippen LogP contribution in [0, 0.1) is 23.7 Å². The highest BCUT2D eigenvalue weighted by molar-refractivity contribution is 5.87. The zero-order valence-electron chi connectivity index (χ0n) is 12.0. The number of fused-ring (bicyclic) bond motifs is 3. The lowest BCUT2D eigenvalue weighted by Gasteiger charge is -2.33. The van der Waals surface area contributed by atoms with Gasteiger partial charge in [0, 0.05) is 11.8 Å². The molecule has 0 aromatic carbocycles. The number of ketones is 1. The van der Waals surface area contributed by atoms with Gasteiger partial charge in [0.2, 0.25) is 0 Å². The Kier molecular flexibility index (Phi) is 2.76. The Bertz CT molecular complexity index is 424. The SMILES string of the molecule is CC1=C(C)C[C@H]2C(=O)[C@@H]3CC(C)=C(C)C[C@H]3[C@@H]2C1. The molecule has 1 saturated carbocycles. The fraction of sp³-hybridized carbons (Fsp3) is 0.706. The smallest absolute Gasteiger partial charge is 0.140 e. The van der Waals surface area contributed by atoms with Crippen LogP contribution in [0.15, 0.2) is 22.3 Å². The molecular weight excluding hydrogens is 220 g/mol. The van der Waals surface area contributed by atoms with E-state index in [1.54, 1.807) is 11.1 Å². The summed E-state index contributed by atoms with van der Waals surface area (Å²) in [6.45, 7) is 8.96. The van der Waals surface area contributed by atoms with E-state index in [0.717, 1.165) is 12.8 Å². The van der Waals surface area contributed by atoms with Gasteiger partial charge in [-0.05, 0) is 65.2 Å². The fourth-order valence-corrected chi connectivity index (χ4v) is 4.45. The van der Waals surface area contributed by atoms with Gasteiger partial charge in [0.15, 0.2) is 0 Å². The maximum atomic E-state index is 12.6. The van der Waals surface area contributed by atoms with Gasteiger partial charge >= 0.3 is 0 Å². The molecule has 1 nitrogen and oxygen atoms in total. The number of allylic oxidation sites excluding steroid dienone is 4. The summed E-state index contributed by atoms with van der Waals surface area (Å²) < 4.78 is 0. The molecule has 4 atom stereocenters. The zero-order chi connectivity index (χ0) is 13.0. The minimum absolute atomic E-state index is 0.349. The first kappa shape index (κ1) is 12.2. The van der Waals surface area contributed by atoms with E-state index < -0.39 is 0 Å². The molecule has 3 aliphatic carbocycles. The van der Waals surface area contributed by atoms with Crippen molar-refractivity contribution >= 4 is 5.78 Å². The summed E-state index contributed by atoms with van der Waals surface area (Å²) in [7, 11) is 0. The Balaban J connectivity index is 1.93. The van der Waals surface area contributed by atoms with Crippen molar-refractivity contribution in [2.75, 3.05) is 0 Å². The summed E-state index contributed by atoms with van der Waals surface area (Å²) in [4.78, 5) is 12.6. The molecule has 0 unspecified atom stereocenters. The van der Waals surface area contributed by atoms with Gasteiger partial charge in [0.05, 0.1) is 0 Å². The van der Waals surface area contributed by atoms with Gasteiger partial charge < -0.3 is 0 Å². The summed E-state index contributed by atoms with van der Waals surface area (Å²) >= 11 is 0. The van der Waals surface area contributed by atoms with Crippen LogP contribution in [0.4, 0.5) is 0 Å². The van der Waals surface area contributed by atoms with Gasteiger partial charge in [-0.15, -0.1) is 0 Å². The minimum atomic E-state index is 0.349. The van der Waals surface area contributed by atoms with Crippen molar-refractivity contribution in [3.63, 3.8) is 0 Å². The lowest BCUT2D eigenvalue weighted by molar-refractivity contribution is -0.124. The zero-order valence-corrected chi connectivity index (χ0v) is 12.0. The minimum Gasteiger partial charge on any atom is -0.299 e. The fourth-order valence-electron chi connectivity index (χ4n) is 4.45. The number of carbonyl (C=O) groups excluding carboxylic acids is 1. The third-order valence-corrected chi connectivity index (χ3v) is 5.91. The number of rotatable bonds is 0. The molecule has 3 rings (SSSR count). The van der Waals surface area contributed by atoms with Gasteiger partial charge in [0.1, 0.15) is 5.78 Å². The summed E-state index contributed by atoms with van der Waals surface area (Å²) in [5.74, 6) is 2.58. The van der Waals surface area contributed by atoms with Gasteiger partial charge in [-0.3, -0.25) is 4.79 Å². The monoisotopic (exact) mass is 244 g/mol. The van der Waals surface area contributed by atoms with E-state index in [1.807, 2.05) is 0 Å². The van der Waals surface area contributed by atoms with Crippen molar-refractivity contribution in [3.05, 3.63) is 22.3 Å². The van der Waals surface area contributed by atoms with E-state index in [2.05, 4.69) is 27.7 Å². The second-order valence-electron chi connectivity index (χ2n) is 6.88. The number of hydrogen-bond donors (Lipinski definition) is 0. The summed E-state index contributed by atoms with van der Waals surface area (Å²) in [5, 5.41) is 0. The van der Waals surface area contributed by atoms with E-state index in [4.69, 9.17) is 0 Å². The summed E-state index contributed by atoms with van der Waals surface area (Å²) in [6.07, 6.45) is 4.44. The average Bonchev–Trinajstić information content (AvgIpc) is 2.56. The van der Waals surface area contributed by atoms with E-state index in [1.165, 1.54) is 24.0 Å². The Labute approximate surface area is 110 Å². The third kappa shape index (κ3) is 1.63. The molecule has 0 amide bonds. The van der Waals surface area contributed by atoms with Crippen molar-refractivity contribution in [2.24, 2.45) is 23.7 Å². The van der Waals surface area contributed by atoms with E-state index in [0.29, 0.717) is 29.5 Å². The molecule has 18 heavy (non-hydrogen) atoms. The van der Waals surface area contributed by atoms with E-state index in [-0.39, 0.29) is 0 Å². The number of carbonyl (C=O) groups is 1. The largest absolute Gasteiger partial charge is 0.299 e. The summed E-state index contributed by atoms with van der Waals surface area (Å²) in [5.41, 5.74) is 6.05. The third-order valence-electron chi connectivity index (χ3n) is 5.91. The Morgan fingerprint density at radius 3 is 1.39 bits per heavy atom. The van der Waals surface area contributed by atoms with Crippen LogP contribution in [-0.2, 0) is 4.79 Å². The maximum Gasteiger partial charge on any atom is 0.140 e. The molecule has 0 radical (unpaired) electrons. The highest BCUT2D eigenvalue weighted by Crippen LogP contribution is 2.53. The molecular formula is C17H24O. The van der Waals surface area contributed by atoms with Gasteiger partial charge in [-0.25, -0.2) is 0 Å². The van der Waals surface area contributed by atoms with Crippen molar-refractivity contribution < 1.29 is 4.79 Å². The standard InChI is InChI=1S/C17H24O/c1-9-5-13-14-6-10(2)12(4)8-16(14)17(18)15(13)7-11(9)3/h13-16H,5-8H2,1-4H3/t13-,14-,15+,16+/m0/s1. The lowest BCUT2D eigenvalue weighted by Crippen LogP contribution is -2.24. The van der Waals surface area contributed by atoms with Crippen LogP contribution in [0.3, 0.4) is 0 Å². The first-order valence-corrected chi connectivity index (χ1v) is 7.33.